The molecule has 66 valence electrons. The average Bonchev–Trinajstić information content (AvgIpc) is 2.36. The van der Waals surface area contributed by atoms with Crippen molar-refractivity contribution in [1.82, 2.24) is 4.90 Å². The van der Waals surface area contributed by atoms with E-state index in [0.717, 1.165) is 11.3 Å². The van der Waals surface area contributed by atoms with Gasteiger partial charge in [0.05, 0.1) is 6.26 Å². The molecular formula is C8H12N2OS. The zero-order valence-corrected chi connectivity index (χ0v) is 8.02. The molecule has 0 atom stereocenters. The Morgan fingerprint density at radius 2 is 2.42 bits per heavy atom. The number of hydrogen-bond donors (Lipinski definition) is 1. The SMILES string of the molecule is Cc1occc1CN(C)C(N)=S. The molecule has 0 aliphatic heterocycles. The van der Waals surface area contributed by atoms with E-state index in [1.165, 1.54) is 0 Å². The molecule has 1 rings (SSSR count). The van der Waals surface area contributed by atoms with E-state index in [-0.39, 0.29) is 0 Å². The minimum atomic E-state index is 0.399. The molecule has 12 heavy (non-hydrogen) atoms. The van der Waals surface area contributed by atoms with Gasteiger partial charge in [-0.2, -0.15) is 0 Å². The molecule has 0 spiro atoms. The molecule has 1 aromatic heterocycles. The second-order valence-electron chi connectivity index (χ2n) is 2.70. The summed E-state index contributed by atoms with van der Waals surface area (Å²) in [4.78, 5) is 1.80. The van der Waals surface area contributed by atoms with Gasteiger partial charge >= 0.3 is 0 Å². The van der Waals surface area contributed by atoms with Gasteiger partial charge in [0, 0.05) is 19.2 Å². The zero-order chi connectivity index (χ0) is 9.14. The van der Waals surface area contributed by atoms with Gasteiger partial charge in [0.1, 0.15) is 5.76 Å². The van der Waals surface area contributed by atoms with Crippen LogP contribution in [0, 0.1) is 6.92 Å². The first-order valence-electron chi connectivity index (χ1n) is 3.65. The van der Waals surface area contributed by atoms with Gasteiger partial charge in [-0.05, 0) is 25.2 Å². The Bertz CT molecular complexity index is 282. The fraction of sp³-hybridized carbons (Fsp3) is 0.375. The van der Waals surface area contributed by atoms with Crippen molar-refractivity contribution in [2.24, 2.45) is 5.73 Å². The van der Waals surface area contributed by atoms with Crippen molar-refractivity contribution in [1.29, 1.82) is 0 Å². The van der Waals surface area contributed by atoms with Crippen molar-refractivity contribution in [3.8, 4) is 0 Å². The van der Waals surface area contributed by atoms with Crippen molar-refractivity contribution < 1.29 is 4.42 Å². The van der Waals surface area contributed by atoms with Crippen LogP contribution in [0.3, 0.4) is 0 Å². The van der Waals surface area contributed by atoms with Crippen LogP contribution < -0.4 is 5.73 Å². The molecule has 2 N–H and O–H groups in total. The van der Waals surface area contributed by atoms with Crippen molar-refractivity contribution >= 4 is 17.3 Å². The molecule has 3 nitrogen and oxygen atoms in total. The smallest absolute Gasteiger partial charge is 0.166 e. The lowest BCUT2D eigenvalue weighted by molar-refractivity contribution is 0.483. The van der Waals surface area contributed by atoms with Crippen molar-refractivity contribution in [2.45, 2.75) is 13.5 Å². The highest BCUT2D eigenvalue weighted by molar-refractivity contribution is 7.80. The molecule has 4 heteroatoms. The molecule has 0 saturated heterocycles. The summed E-state index contributed by atoms with van der Waals surface area (Å²) in [5.74, 6) is 0.915. The van der Waals surface area contributed by atoms with E-state index in [9.17, 15) is 0 Å². The Labute approximate surface area is 77.1 Å². The van der Waals surface area contributed by atoms with Gasteiger partial charge in [-0.1, -0.05) is 0 Å². The number of aryl methyl sites for hydroxylation is 1. The van der Waals surface area contributed by atoms with Crippen molar-refractivity contribution in [3.63, 3.8) is 0 Å². The molecule has 0 radical (unpaired) electrons. The van der Waals surface area contributed by atoms with E-state index in [0.29, 0.717) is 11.7 Å². The second kappa shape index (κ2) is 3.58. The Kier molecular flexibility index (Phi) is 2.70. The van der Waals surface area contributed by atoms with Gasteiger partial charge in [0.25, 0.3) is 0 Å². The summed E-state index contributed by atoms with van der Waals surface area (Å²) in [6.07, 6.45) is 1.66. The standard InChI is InChI=1S/C8H12N2OS/c1-6-7(3-4-11-6)5-10(2)8(9)12/h3-4H,5H2,1-2H3,(H2,9,12). The summed E-state index contributed by atoms with van der Waals surface area (Å²) < 4.78 is 5.13. The zero-order valence-electron chi connectivity index (χ0n) is 7.20. The number of hydrogen-bond acceptors (Lipinski definition) is 2. The highest BCUT2D eigenvalue weighted by atomic mass is 32.1. The molecule has 0 unspecified atom stereocenters. The van der Waals surface area contributed by atoms with Gasteiger partial charge in [0.15, 0.2) is 5.11 Å². The average molecular weight is 184 g/mol. The van der Waals surface area contributed by atoms with Crippen LogP contribution in [0.5, 0.6) is 0 Å². The highest BCUT2D eigenvalue weighted by Crippen LogP contribution is 2.10. The van der Waals surface area contributed by atoms with Crippen LogP contribution >= 0.6 is 12.2 Å². The van der Waals surface area contributed by atoms with E-state index < -0.39 is 0 Å². The minimum absolute atomic E-state index is 0.399. The number of furan rings is 1. The van der Waals surface area contributed by atoms with Gasteiger partial charge in [-0.15, -0.1) is 0 Å². The number of nitrogens with two attached hydrogens (primary N) is 1. The van der Waals surface area contributed by atoms with Crippen LogP contribution in [0.15, 0.2) is 16.7 Å². The van der Waals surface area contributed by atoms with Crippen molar-refractivity contribution in [2.75, 3.05) is 7.05 Å². The van der Waals surface area contributed by atoms with E-state index >= 15 is 0 Å². The molecule has 0 saturated carbocycles. The maximum Gasteiger partial charge on any atom is 0.166 e. The summed E-state index contributed by atoms with van der Waals surface area (Å²) in [5.41, 5.74) is 6.55. The lowest BCUT2D eigenvalue weighted by Crippen LogP contribution is -2.31. The maximum absolute atomic E-state index is 5.43. The number of nitrogens with zero attached hydrogens (tertiary/aromatic N) is 1. The fourth-order valence-electron chi connectivity index (χ4n) is 0.909. The minimum Gasteiger partial charge on any atom is -0.469 e. The molecule has 0 amide bonds. The van der Waals surface area contributed by atoms with Crippen LogP contribution in [0.4, 0.5) is 0 Å². The third kappa shape index (κ3) is 1.98. The first-order chi connectivity index (χ1) is 5.61. The first kappa shape index (κ1) is 9.06. The van der Waals surface area contributed by atoms with Gasteiger partial charge in [-0.3, -0.25) is 0 Å². The Hall–Kier alpha value is -1.03. The van der Waals surface area contributed by atoms with E-state index in [4.69, 9.17) is 22.4 Å². The molecule has 0 aliphatic rings. The summed E-state index contributed by atoms with van der Waals surface area (Å²) in [6.45, 7) is 2.63. The Balaban J connectivity index is 2.64. The second-order valence-corrected chi connectivity index (χ2v) is 3.11. The van der Waals surface area contributed by atoms with E-state index in [1.54, 1.807) is 11.2 Å². The van der Waals surface area contributed by atoms with Crippen LogP contribution in [0.2, 0.25) is 0 Å². The predicted molar refractivity (Wildman–Crippen MR) is 51.7 cm³/mol. The normalized spacial score (nSPS) is 9.83. The number of thiocarbonyl (C=S) groups is 1. The highest BCUT2D eigenvalue weighted by Gasteiger charge is 2.05. The Morgan fingerprint density at radius 1 is 1.75 bits per heavy atom. The third-order valence-corrected chi connectivity index (χ3v) is 2.06. The molecular weight excluding hydrogens is 172 g/mol. The van der Waals surface area contributed by atoms with Gasteiger partial charge < -0.3 is 15.1 Å². The third-order valence-electron chi connectivity index (χ3n) is 1.75. The Morgan fingerprint density at radius 3 is 2.83 bits per heavy atom. The first-order valence-corrected chi connectivity index (χ1v) is 4.05. The van der Waals surface area contributed by atoms with Gasteiger partial charge in [0.2, 0.25) is 0 Å². The van der Waals surface area contributed by atoms with Crippen LogP contribution in [0.25, 0.3) is 0 Å². The van der Waals surface area contributed by atoms with Crippen LogP contribution in [0.1, 0.15) is 11.3 Å². The molecule has 1 aromatic rings. The predicted octanol–water partition coefficient (Wildman–Crippen LogP) is 1.26. The van der Waals surface area contributed by atoms with Crippen LogP contribution in [-0.4, -0.2) is 17.1 Å². The molecule has 1 heterocycles. The number of rotatable bonds is 2. The van der Waals surface area contributed by atoms with Crippen molar-refractivity contribution in [3.05, 3.63) is 23.7 Å². The fourth-order valence-corrected chi connectivity index (χ4v) is 0.973. The summed E-state index contributed by atoms with van der Waals surface area (Å²) in [7, 11) is 1.86. The molecule has 0 aromatic carbocycles. The van der Waals surface area contributed by atoms with E-state index in [1.807, 2.05) is 20.0 Å². The van der Waals surface area contributed by atoms with E-state index in [2.05, 4.69) is 0 Å². The lowest BCUT2D eigenvalue weighted by atomic mass is 10.2. The summed E-state index contributed by atoms with van der Waals surface area (Å²) in [6, 6.07) is 1.92. The monoisotopic (exact) mass is 184 g/mol. The van der Waals surface area contributed by atoms with Crippen LogP contribution in [-0.2, 0) is 6.54 Å². The quantitative estimate of drug-likeness (QED) is 0.703. The molecule has 0 bridgehead atoms. The maximum atomic E-state index is 5.43. The summed E-state index contributed by atoms with van der Waals surface area (Å²) in [5, 5.41) is 0.399. The van der Waals surface area contributed by atoms with Gasteiger partial charge in [-0.25, -0.2) is 0 Å². The molecule has 0 aliphatic carbocycles. The topological polar surface area (TPSA) is 42.4 Å². The molecule has 0 fully saturated rings. The summed E-state index contributed by atoms with van der Waals surface area (Å²) >= 11 is 4.81. The largest absolute Gasteiger partial charge is 0.469 e. The lowest BCUT2D eigenvalue weighted by Gasteiger charge is -2.15.